The number of hydrogen-bond donors (Lipinski definition) is 2. The summed E-state index contributed by atoms with van der Waals surface area (Å²) in [6, 6.07) is 8.79. The molecule has 0 saturated carbocycles. The summed E-state index contributed by atoms with van der Waals surface area (Å²) < 4.78 is 5.44. The smallest absolute Gasteiger partial charge is 0.126 e. The predicted octanol–water partition coefficient (Wildman–Crippen LogP) is 4.96. The highest BCUT2D eigenvalue weighted by Gasteiger charge is 2.16. The maximum atomic E-state index is 6.46. The van der Waals surface area contributed by atoms with Crippen molar-refractivity contribution in [3.63, 3.8) is 0 Å². The van der Waals surface area contributed by atoms with Gasteiger partial charge in [-0.3, -0.25) is 4.98 Å². The maximum Gasteiger partial charge on any atom is 0.126 e. The summed E-state index contributed by atoms with van der Waals surface area (Å²) in [6.45, 7) is 3.81. The van der Waals surface area contributed by atoms with Gasteiger partial charge in [-0.2, -0.15) is 0 Å². The van der Waals surface area contributed by atoms with Gasteiger partial charge in [-0.1, -0.05) is 25.1 Å². The normalized spacial score (nSPS) is 19.7. The van der Waals surface area contributed by atoms with E-state index >= 15 is 0 Å². The molecule has 6 heteroatoms. The average molecular weight is 417 g/mol. The third kappa shape index (κ3) is 6.14. The van der Waals surface area contributed by atoms with Crippen LogP contribution in [0.4, 0.5) is 5.82 Å². The van der Waals surface area contributed by atoms with Gasteiger partial charge in [0.05, 0.1) is 10.7 Å². The maximum absolute atomic E-state index is 6.46. The SMILES string of the molecule is C.Clc1cnc(CC[C@H]2CCCN2)cc1-c1cccc(NCC2CCOCC2)n1. The van der Waals surface area contributed by atoms with Crippen molar-refractivity contribution < 1.29 is 4.74 Å². The first kappa shape index (κ1) is 22.0. The van der Waals surface area contributed by atoms with Crippen LogP contribution in [-0.4, -0.2) is 42.3 Å². The van der Waals surface area contributed by atoms with Gasteiger partial charge in [-0.15, -0.1) is 0 Å². The zero-order valence-electron chi connectivity index (χ0n) is 16.3. The van der Waals surface area contributed by atoms with Gasteiger partial charge in [-0.05, 0) is 69.2 Å². The summed E-state index contributed by atoms with van der Waals surface area (Å²) in [4.78, 5) is 9.33. The third-order valence-electron chi connectivity index (χ3n) is 5.76. The van der Waals surface area contributed by atoms with Crippen molar-refractivity contribution in [3.8, 4) is 11.3 Å². The number of nitrogens with one attached hydrogen (secondary N) is 2. The molecule has 29 heavy (non-hydrogen) atoms. The molecular formula is C23H33ClN4O. The van der Waals surface area contributed by atoms with E-state index in [1.807, 2.05) is 18.2 Å². The fourth-order valence-electron chi connectivity index (χ4n) is 4.02. The number of hydrogen-bond acceptors (Lipinski definition) is 5. The molecule has 0 amide bonds. The second kappa shape index (κ2) is 10.9. The van der Waals surface area contributed by atoms with Crippen LogP contribution in [-0.2, 0) is 11.2 Å². The van der Waals surface area contributed by atoms with Gasteiger partial charge in [0.2, 0.25) is 0 Å². The number of ether oxygens (including phenoxy) is 1. The quantitative estimate of drug-likeness (QED) is 0.668. The lowest BCUT2D eigenvalue weighted by Crippen LogP contribution is -2.22. The van der Waals surface area contributed by atoms with Crippen molar-refractivity contribution >= 4 is 17.4 Å². The van der Waals surface area contributed by atoms with Gasteiger partial charge in [0.25, 0.3) is 0 Å². The van der Waals surface area contributed by atoms with Gasteiger partial charge in [0.15, 0.2) is 0 Å². The topological polar surface area (TPSA) is 59.1 Å². The van der Waals surface area contributed by atoms with Crippen LogP contribution in [0, 0.1) is 5.92 Å². The Kier molecular flexibility index (Phi) is 8.28. The molecule has 2 saturated heterocycles. The van der Waals surface area contributed by atoms with E-state index in [9.17, 15) is 0 Å². The van der Waals surface area contributed by atoms with Crippen LogP contribution < -0.4 is 10.6 Å². The average Bonchev–Trinajstić information content (AvgIpc) is 3.26. The summed E-state index contributed by atoms with van der Waals surface area (Å²) in [5.41, 5.74) is 2.93. The number of pyridine rings is 2. The number of rotatable bonds is 7. The van der Waals surface area contributed by atoms with Crippen molar-refractivity contribution in [1.29, 1.82) is 0 Å². The standard InChI is InChI=1S/C22H29ClN4O.CH4/c23-20-15-25-18(7-6-17-3-2-10-24-17)13-19(20)21-4-1-5-22(27-21)26-14-16-8-11-28-12-9-16;/h1,4-5,13,15-17,24H,2-3,6-12,14H2,(H,26,27);1H4/t17-;/m1./s1. The molecule has 0 aliphatic carbocycles. The second-order valence-corrected chi connectivity index (χ2v) is 8.24. The van der Waals surface area contributed by atoms with E-state index in [2.05, 4.69) is 21.7 Å². The molecule has 1 atom stereocenters. The summed E-state index contributed by atoms with van der Waals surface area (Å²) in [7, 11) is 0. The van der Waals surface area contributed by atoms with Gasteiger partial charge in [-0.25, -0.2) is 4.98 Å². The lowest BCUT2D eigenvalue weighted by molar-refractivity contribution is 0.0699. The number of anilines is 1. The monoisotopic (exact) mass is 416 g/mol. The number of aromatic nitrogens is 2. The summed E-state index contributed by atoms with van der Waals surface area (Å²) in [5.74, 6) is 1.55. The van der Waals surface area contributed by atoms with E-state index < -0.39 is 0 Å². The Morgan fingerprint density at radius 1 is 1.21 bits per heavy atom. The van der Waals surface area contributed by atoms with Gasteiger partial charge < -0.3 is 15.4 Å². The van der Waals surface area contributed by atoms with E-state index in [1.54, 1.807) is 6.20 Å². The predicted molar refractivity (Wildman–Crippen MR) is 121 cm³/mol. The number of halogens is 1. The minimum absolute atomic E-state index is 0. The van der Waals surface area contributed by atoms with Gasteiger partial charge in [0.1, 0.15) is 5.82 Å². The Hall–Kier alpha value is -1.69. The first-order valence-corrected chi connectivity index (χ1v) is 10.8. The van der Waals surface area contributed by atoms with Crippen LogP contribution >= 0.6 is 11.6 Å². The largest absolute Gasteiger partial charge is 0.381 e. The molecule has 5 nitrogen and oxygen atoms in total. The van der Waals surface area contributed by atoms with Crippen LogP contribution in [0.3, 0.4) is 0 Å². The molecule has 2 aliphatic rings. The molecular weight excluding hydrogens is 384 g/mol. The highest BCUT2D eigenvalue weighted by atomic mass is 35.5. The number of aryl methyl sites for hydroxylation is 1. The summed E-state index contributed by atoms with van der Waals surface area (Å²) >= 11 is 6.46. The summed E-state index contributed by atoms with van der Waals surface area (Å²) in [6.07, 6.45) is 8.62. The van der Waals surface area contributed by atoms with Gasteiger partial charge >= 0.3 is 0 Å². The highest BCUT2D eigenvalue weighted by molar-refractivity contribution is 6.33. The molecule has 2 aliphatic heterocycles. The van der Waals surface area contributed by atoms with Crippen LogP contribution in [0.5, 0.6) is 0 Å². The first-order valence-electron chi connectivity index (χ1n) is 10.4. The zero-order chi connectivity index (χ0) is 19.2. The molecule has 0 spiro atoms. The molecule has 0 unspecified atom stereocenters. The summed E-state index contributed by atoms with van der Waals surface area (Å²) in [5, 5.41) is 7.69. The van der Waals surface area contributed by atoms with Crippen LogP contribution in [0.2, 0.25) is 5.02 Å². The first-order chi connectivity index (χ1) is 13.8. The third-order valence-corrected chi connectivity index (χ3v) is 6.06. The molecule has 158 valence electrons. The molecule has 2 N–H and O–H groups in total. The van der Waals surface area contributed by atoms with E-state index in [-0.39, 0.29) is 7.43 Å². The Balaban J connectivity index is 0.00000240. The molecule has 0 aromatic carbocycles. The van der Waals surface area contributed by atoms with Crippen LogP contribution in [0.15, 0.2) is 30.5 Å². The minimum atomic E-state index is 0. The Labute approximate surface area is 179 Å². The van der Waals surface area contributed by atoms with Crippen LogP contribution in [0.1, 0.15) is 45.2 Å². The van der Waals surface area contributed by atoms with Gasteiger partial charge in [0, 0.05) is 43.3 Å². The molecule has 2 aromatic heterocycles. The molecule has 2 fully saturated rings. The fraction of sp³-hybridized carbons (Fsp3) is 0.565. The van der Waals surface area contributed by atoms with Crippen molar-refractivity contribution in [2.24, 2.45) is 5.92 Å². The number of nitrogens with zero attached hydrogens (tertiary/aromatic N) is 2. The lowest BCUT2D eigenvalue weighted by atomic mass is 10.0. The van der Waals surface area contributed by atoms with Crippen molar-refractivity contribution in [3.05, 3.63) is 41.2 Å². The molecule has 4 rings (SSSR count). The van der Waals surface area contributed by atoms with Crippen LogP contribution in [0.25, 0.3) is 11.3 Å². The molecule has 0 radical (unpaired) electrons. The molecule has 4 heterocycles. The van der Waals surface area contributed by atoms with E-state index in [4.69, 9.17) is 21.3 Å². The highest BCUT2D eigenvalue weighted by Crippen LogP contribution is 2.28. The fourth-order valence-corrected chi connectivity index (χ4v) is 4.22. The Morgan fingerprint density at radius 3 is 2.86 bits per heavy atom. The molecule has 0 bridgehead atoms. The molecule has 2 aromatic rings. The lowest BCUT2D eigenvalue weighted by Gasteiger charge is -2.22. The van der Waals surface area contributed by atoms with E-state index in [1.165, 1.54) is 12.8 Å². The zero-order valence-corrected chi connectivity index (χ0v) is 17.0. The Bertz CT molecular complexity index is 773. The second-order valence-electron chi connectivity index (χ2n) is 7.83. The van der Waals surface area contributed by atoms with Crippen molar-refractivity contribution in [2.45, 2.75) is 52.0 Å². The Morgan fingerprint density at radius 2 is 2.07 bits per heavy atom. The van der Waals surface area contributed by atoms with Crippen molar-refractivity contribution in [2.75, 3.05) is 31.6 Å². The minimum Gasteiger partial charge on any atom is -0.381 e. The van der Waals surface area contributed by atoms with E-state index in [0.29, 0.717) is 17.0 Å². The van der Waals surface area contributed by atoms with Crippen molar-refractivity contribution in [1.82, 2.24) is 15.3 Å². The van der Waals surface area contributed by atoms with E-state index in [0.717, 1.165) is 74.8 Å².